The molecule has 0 saturated heterocycles. The van der Waals surface area contributed by atoms with Crippen LogP contribution in [0.5, 0.6) is 11.5 Å². The number of hydrogen-bond acceptors (Lipinski definition) is 4. The van der Waals surface area contributed by atoms with Crippen molar-refractivity contribution < 1.29 is 14.4 Å². The first-order chi connectivity index (χ1) is 7.58. The van der Waals surface area contributed by atoms with Crippen molar-refractivity contribution >= 4 is 17.7 Å². The van der Waals surface area contributed by atoms with E-state index in [1.165, 1.54) is 20.3 Å². The molecular formula is C10H10ClNO4. The highest BCUT2D eigenvalue weighted by Crippen LogP contribution is 2.28. The van der Waals surface area contributed by atoms with E-state index in [4.69, 9.17) is 21.1 Å². The van der Waals surface area contributed by atoms with Crippen LogP contribution in [0.15, 0.2) is 23.4 Å². The lowest BCUT2D eigenvalue weighted by Gasteiger charge is -2.07. The predicted molar refractivity (Wildman–Crippen MR) is 60.4 cm³/mol. The van der Waals surface area contributed by atoms with Gasteiger partial charge in [0.2, 0.25) is 0 Å². The number of benzene rings is 1. The zero-order valence-corrected chi connectivity index (χ0v) is 9.52. The fraction of sp³-hybridized carbons (Fsp3) is 0.200. The molecular weight excluding hydrogens is 234 g/mol. The summed E-state index contributed by atoms with van der Waals surface area (Å²) in [5.74, 6) is 1.04. The summed E-state index contributed by atoms with van der Waals surface area (Å²) in [6.07, 6.45) is 1.24. The Bertz CT molecular complexity index is 431. The monoisotopic (exact) mass is 243 g/mol. The highest BCUT2D eigenvalue weighted by Gasteiger charge is 2.08. The molecule has 1 aromatic carbocycles. The molecule has 0 atom stereocenters. The Morgan fingerprint density at radius 1 is 1.38 bits per heavy atom. The van der Waals surface area contributed by atoms with Gasteiger partial charge in [0.25, 0.3) is 0 Å². The van der Waals surface area contributed by atoms with Crippen LogP contribution in [0, 0.1) is 10.1 Å². The van der Waals surface area contributed by atoms with E-state index in [2.05, 4.69) is 0 Å². The maximum absolute atomic E-state index is 10.3. The van der Waals surface area contributed by atoms with Gasteiger partial charge < -0.3 is 9.47 Å². The van der Waals surface area contributed by atoms with Gasteiger partial charge in [-0.05, 0) is 29.3 Å². The van der Waals surface area contributed by atoms with Gasteiger partial charge >= 0.3 is 5.16 Å². The van der Waals surface area contributed by atoms with Gasteiger partial charge in [-0.3, -0.25) is 10.1 Å². The molecule has 0 saturated carbocycles. The van der Waals surface area contributed by atoms with Gasteiger partial charge in [-0.25, -0.2) is 0 Å². The Kier molecular flexibility index (Phi) is 4.13. The van der Waals surface area contributed by atoms with Crippen LogP contribution in [0.2, 0.25) is 0 Å². The summed E-state index contributed by atoms with van der Waals surface area (Å²) in [4.78, 5) is 9.66. The second-order valence-electron chi connectivity index (χ2n) is 2.84. The number of rotatable bonds is 4. The molecule has 86 valence electrons. The zero-order chi connectivity index (χ0) is 12.1. The van der Waals surface area contributed by atoms with Crippen molar-refractivity contribution in [2.24, 2.45) is 0 Å². The number of ether oxygens (including phenoxy) is 2. The zero-order valence-electron chi connectivity index (χ0n) is 8.77. The van der Waals surface area contributed by atoms with Crippen LogP contribution in [0.4, 0.5) is 0 Å². The lowest BCUT2D eigenvalue weighted by Crippen LogP contribution is -1.92. The number of methoxy groups -OCH3 is 2. The minimum Gasteiger partial charge on any atom is -0.493 e. The van der Waals surface area contributed by atoms with Crippen molar-refractivity contribution in [3.8, 4) is 11.5 Å². The third kappa shape index (κ3) is 2.87. The molecule has 6 heteroatoms. The summed E-state index contributed by atoms with van der Waals surface area (Å²) in [6.45, 7) is 0. The van der Waals surface area contributed by atoms with Crippen LogP contribution in [-0.4, -0.2) is 19.1 Å². The SMILES string of the molecule is COc1ccc(/C=C(\Cl)[N+](=O)[O-])cc1OC. The Balaban J connectivity index is 3.09. The molecule has 0 radical (unpaired) electrons. The molecule has 0 fully saturated rings. The molecule has 0 heterocycles. The van der Waals surface area contributed by atoms with E-state index in [9.17, 15) is 10.1 Å². The quantitative estimate of drug-likeness (QED) is 0.463. The lowest BCUT2D eigenvalue weighted by molar-refractivity contribution is -0.410. The van der Waals surface area contributed by atoms with Gasteiger partial charge in [0.05, 0.1) is 19.1 Å². The second kappa shape index (κ2) is 5.37. The van der Waals surface area contributed by atoms with Gasteiger partial charge in [-0.2, -0.15) is 0 Å². The third-order valence-electron chi connectivity index (χ3n) is 1.87. The van der Waals surface area contributed by atoms with E-state index in [0.29, 0.717) is 17.1 Å². The summed E-state index contributed by atoms with van der Waals surface area (Å²) in [5.41, 5.74) is 0.569. The van der Waals surface area contributed by atoms with Crippen LogP contribution in [0.3, 0.4) is 0 Å². The van der Waals surface area contributed by atoms with Crippen LogP contribution >= 0.6 is 11.6 Å². The smallest absolute Gasteiger partial charge is 0.337 e. The minimum absolute atomic E-state index is 0.452. The first-order valence-corrected chi connectivity index (χ1v) is 4.70. The van der Waals surface area contributed by atoms with Gasteiger partial charge in [0.1, 0.15) is 0 Å². The second-order valence-corrected chi connectivity index (χ2v) is 3.23. The normalized spacial score (nSPS) is 11.1. The third-order valence-corrected chi connectivity index (χ3v) is 2.11. The van der Waals surface area contributed by atoms with E-state index >= 15 is 0 Å². The molecule has 0 unspecified atom stereocenters. The van der Waals surface area contributed by atoms with E-state index in [1.54, 1.807) is 18.2 Å². The molecule has 0 aliphatic carbocycles. The van der Waals surface area contributed by atoms with Gasteiger partial charge in [-0.1, -0.05) is 6.07 Å². The average Bonchev–Trinajstić information content (AvgIpc) is 2.28. The molecule has 0 aliphatic heterocycles. The van der Waals surface area contributed by atoms with Gasteiger partial charge in [-0.15, -0.1) is 0 Å². The van der Waals surface area contributed by atoms with Crippen molar-refractivity contribution in [3.63, 3.8) is 0 Å². The molecule has 0 aliphatic rings. The number of nitro groups is 1. The van der Waals surface area contributed by atoms with Crippen molar-refractivity contribution in [2.75, 3.05) is 14.2 Å². The fourth-order valence-electron chi connectivity index (χ4n) is 1.13. The van der Waals surface area contributed by atoms with Crippen LogP contribution in [-0.2, 0) is 0 Å². The van der Waals surface area contributed by atoms with Crippen LogP contribution in [0.25, 0.3) is 6.08 Å². The summed E-state index contributed by atoms with van der Waals surface area (Å²) < 4.78 is 10.1. The predicted octanol–water partition coefficient (Wildman–Crippen LogP) is 2.52. The first kappa shape index (κ1) is 12.3. The van der Waals surface area contributed by atoms with Crippen LogP contribution < -0.4 is 9.47 Å². The molecule has 0 amide bonds. The van der Waals surface area contributed by atoms with E-state index in [-0.39, 0.29) is 0 Å². The van der Waals surface area contributed by atoms with Gasteiger partial charge in [0.15, 0.2) is 11.5 Å². The van der Waals surface area contributed by atoms with Crippen molar-refractivity contribution in [1.82, 2.24) is 0 Å². The van der Waals surface area contributed by atoms with Gasteiger partial charge in [0, 0.05) is 6.08 Å². The van der Waals surface area contributed by atoms with Crippen molar-refractivity contribution in [1.29, 1.82) is 0 Å². The summed E-state index contributed by atoms with van der Waals surface area (Å²) in [5, 5.41) is 9.88. The molecule has 0 aromatic heterocycles. The molecule has 5 nitrogen and oxygen atoms in total. The molecule has 16 heavy (non-hydrogen) atoms. The summed E-state index contributed by atoms with van der Waals surface area (Å²) >= 11 is 5.41. The van der Waals surface area contributed by atoms with E-state index < -0.39 is 10.1 Å². The number of nitrogens with zero attached hydrogens (tertiary/aromatic N) is 1. The molecule has 0 bridgehead atoms. The van der Waals surface area contributed by atoms with E-state index in [1.807, 2.05) is 0 Å². The Labute approximate surface area is 97.4 Å². The topological polar surface area (TPSA) is 61.6 Å². The van der Waals surface area contributed by atoms with E-state index in [0.717, 1.165) is 0 Å². The Morgan fingerprint density at radius 3 is 2.50 bits per heavy atom. The number of hydrogen-bond donors (Lipinski definition) is 0. The van der Waals surface area contributed by atoms with Crippen molar-refractivity contribution in [2.45, 2.75) is 0 Å². The molecule has 0 N–H and O–H groups in total. The highest BCUT2D eigenvalue weighted by molar-refractivity contribution is 6.29. The average molecular weight is 244 g/mol. The highest BCUT2D eigenvalue weighted by atomic mass is 35.5. The first-order valence-electron chi connectivity index (χ1n) is 4.32. The summed E-state index contributed by atoms with van der Waals surface area (Å²) in [6, 6.07) is 4.90. The summed E-state index contributed by atoms with van der Waals surface area (Å²) in [7, 11) is 3.00. The largest absolute Gasteiger partial charge is 0.493 e. The standard InChI is InChI=1S/C10H10ClNO4/c1-15-8-4-3-7(5-9(8)16-2)6-10(11)12(13)14/h3-6H,1-2H3/b10-6+. The minimum atomic E-state index is -0.668. The molecule has 1 rings (SSSR count). The molecule has 1 aromatic rings. The molecule has 0 spiro atoms. The fourth-order valence-corrected chi connectivity index (χ4v) is 1.26. The number of halogens is 1. The Morgan fingerprint density at radius 2 is 2.00 bits per heavy atom. The maximum Gasteiger partial charge on any atom is 0.337 e. The van der Waals surface area contributed by atoms with Crippen LogP contribution in [0.1, 0.15) is 5.56 Å². The lowest BCUT2D eigenvalue weighted by atomic mass is 10.2. The maximum atomic E-state index is 10.3. The Hall–Kier alpha value is -1.75. The van der Waals surface area contributed by atoms with Crippen molar-refractivity contribution in [3.05, 3.63) is 39.0 Å².